The molecule has 0 heterocycles. The van der Waals surface area contributed by atoms with Crippen molar-refractivity contribution in [2.45, 2.75) is 32.1 Å². The van der Waals surface area contributed by atoms with Crippen molar-refractivity contribution in [1.29, 1.82) is 0 Å². The van der Waals surface area contributed by atoms with Crippen LogP contribution in [0.4, 0.5) is 0 Å². The first-order valence-corrected chi connectivity index (χ1v) is 4.91. The summed E-state index contributed by atoms with van der Waals surface area (Å²) in [7, 11) is 1.77. The van der Waals surface area contributed by atoms with Crippen LogP contribution < -0.4 is 0 Å². The van der Waals surface area contributed by atoms with E-state index in [4.69, 9.17) is 16.3 Å². The SMILES string of the molecule is COCC1(CCl)CCCCC1. The molecule has 66 valence electrons. The van der Waals surface area contributed by atoms with Crippen LogP contribution in [0.15, 0.2) is 0 Å². The molecule has 0 amide bonds. The van der Waals surface area contributed by atoms with E-state index in [2.05, 4.69) is 0 Å². The molecule has 0 spiro atoms. The van der Waals surface area contributed by atoms with Gasteiger partial charge in [0.25, 0.3) is 0 Å². The molecule has 1 aliphatic carbocycles. The number of rotatable bonds is 3. The summed E-state index contributed by atoms with van der Waals surface area (Å²) in [5.74, 6) is 0.765. The normalized spacial score (nSPS) is 23.5. The van der Waals surface area contributed by atoms with E-state index in [0.29, 0.717) is 5.41 Å². The Morgan fingerprint density at radius 2 is 1.91 bits per heavy atom. The molecule has 1 rings (SSSR count). The van der Waals surface area contributed by atoms with Crippen molar-refractivity contribution in [3.63, 3.8) is 0 Å². The zero-order valence-electron chi connectivity index (χ0n) is 7.24. The van der Waals surface area contributed by atoms with E-state index in [0.717, 1.165) is 12.5 Å². The zero-order chi connectivity index (χ0) is 8.16. The van der Waals surface area contributed by atoms with E-state index in [9.17, 15) is 0 Å². The number of methoxy groups -OCH3 is 1. The summed E-state index contributed by atoms with van der Waals surface area (Å²) in [6, 6.07) is 0. The minimum Gasteiger partial charge on any atom is -0.384 e. The van der Waals surface area contributed by atoms with E-state index < -0.39 is 0 Å². The van der Waals surface area contributed by atoms with E-state index in [-0.39, 0.29) is 0 Å². The quantitative estimate of drug-likeness (QED) is 0.601. The lowest BCUT2D eigenvalue weighted by molar-refractivity contribution is 0.0655. The number of ether oxygens (including phenoxy) is 1. The molecule has 0 N–H and O–H groups in total. The molecule has 0 aromatic rings. The van der Waals surface area contributed by atoms with Crippen LogP contribution in [0.2, 0.25) is 0 Å². The minimum atomic E-state index is 0.314. The van der Waals surface area contributed by atoms with Crippen molar-refractivity contribution in [2.75, 3.05) is 19.6 Å². The highest BCUT2D eigenvalue weighted by Crippen LogP contribution is 2.37. The van der Waals surface area contributed by atoms with Crippen LogP contribution in [0.25, 0.3) is 0 Å². The second-order valence-electron chi connectivity index (χ2n) is 3.63. The van der Waals surface area contributed by atoms with Crippen molar-refractivity contribution in [2.24, 2.45) is 5.41 Å². The Morgan fingerprint density at radius 3 is 2.36 bits per heavy atom. The molecular weight excluding hydrogens is 160 g/mol. The van der Waals surface area contributed by atoms with Gasteiger partial charge in [-0.25, -0.2) is 0 Å². The van der Waals surface area contributed by atoms with Gasteiger partial charge >= 0.3 is 0 Å². The Morgan fingerprint density at radius 1 is 1.27 bits per heavy atom. The van der Waals surface area contributed by atoms with E-state index in [1.807, 2.05) is 0 Å². The van der Waals surface area contributed by atoms with Gasteiger partial charge < -0.3 is 4.74 Å². The van der Waals surface area contributed by atoms with E-state index in [1.165, 1.54) is 32.1 Å². The molecule has 0 aliphatic heterocycles. The van der Waals surface area contributed by atoms with Crippen molar-refractivity contribution in [3.05, 3.63) is 0 Å². The molecule has 1 nitrogen and oxygen atoms in total. The monoisotopic (exact) mass is 176 g/mol. The molecule has 0 unspecified atom stereocenters. The molecule has 1 fully saturated rings. The second-order valence-corrected chi connectivity index (χ2v) is 3.89. The summed E-state index contributed by atoms with van der Waals surface area (Å²) in [5.41, 5.74) is 0.314. The lowest BCUT2D eigenvalue weighted by Gasteiger charge is -2.34. The molecule has 0 aromatic carbocycles. The second kappa shape index (κ2) is 4.32. The van der Waals surface area contributed by atoms with Crippen LogP contribution in [0.5, 0.6) is 0 Å². The first-order chi connectivity index (χ1) is 5.33. The van der Waals surface area contributed by atoms with E-state index in [1.54, 1.807) is 7.11 Å². The smallest absolute Gasteiger partial charge is 0.0530 e. The Hall–Kier alpha value is 0.250. The maximum absolute atomic E-state index is 5.94. The number of hydrogen-bond acceptors (Lipinski definition) is 1. The number of alkyl halides is 1. The molecule has 0 bridgehead atoms. The van der Waals surface area contributed by atoms with Gasteiger partial charge in [0.15, 0.2) is 0 Å². The van der Waals surface area contributed by atoms with Gasteiger partial charge in [-0.1, -0.05) is 19.3 Å². The molecule has 2 heteroatoms. The van der Waals surface area contributed by atoms with E-state index >= 15 is 0 Å². The summed E-state index contributed by atoms with van der Waals surface area (Å²) in [6.07, 6.45) is 6.54. The summed E-state index contributed by atoms with van der Waals surface area (Å²) in [4.78, 5) is 0. The van der Waals surface area contributed by atoms with Crippen molar-refractivity contribution < 1.29 is 4.74 Å². The Bertz CT molecular complexity index is 103. The molecule has 11 heavy (non-hydrogen) atoms. The Balaban J connectivity index is 2.42. The third-order valence-electron chi connectivity index (χ3n) is 2.65. The van der Waals surface area contributed by atoms with Gasteiger partial charge in [-0.3, -0.25) is 0 Å². The highest BCUT2D eigenvalue weighted by Gasteiger charge is 2.30. The fourth-order valence-corrected chi connectivity index (χ4v) is 2.27. The molecule has 1 aliphatic rings. The van der Waals surface area contributed by atoms with Crippen LogP contribution in [0, 0.1) is 5.41 Å². The van der Waals surface area contributed by atoms with Gasteiger partial charge in [-0.15, -0.1) is 11.6 Å². The largest absolute Gasteiger partial charge is 0.384 e. The third-order valence-corrected chi connectivity index (χ3v) is 3.22. The van der Waals surface area contributed by atoms with Gasteiger partial charge in [-0.2, -0.15) is 0 Å². The topological polar surface area (TPSA) is 9.23 Å². The molecule has 0 saturated heterocycles. The van der Waals surface area contributed by atoms with Gasteiger partial charge in [0.1, 0.15) is 0 Å². The molecule has 0 radical (unpaired) electrons. The number of halogens is 1. The predicted octanol–water partition coefficient (Wildman–Crippen LogP) is 2.82. The lowest BCUT2D eigenvalue weighted by atomic mass is 9.76. The maximum atomic E-state index is 5.94. The van der Waals surface area contributed by atoms with Gasteiger partial charge in [0, 0.05) is 18.4 Å². The van der Waals surface area contributed by atoms with Crippen LogP contribution in [0.3, 0.4) is 0 Å². The van der Waals surface area contributed by atoms with Crippen molar-refractivity contribution >= 4 is 11.6 Å². The zero-order valence-corrected chi connectivity index (χ0v) is 7.99. The molecule has 0 atom stereocenters. The average Bonchev–Trinajstić information content (AvgIpc) is 2.07. The van der Waals surface area contributed by atoms with Crippen LogP contribution >= 0.6 is 11.6 Å². The highest BCUT2D eigenvalue weighted by molar-refractivity contribution is 6.18. The average molecular weight is 177 g/mol. The Labute approximate surface area is 74.1 Å². The standard InChI is InChI=1S/C9H17ClO/c1-11-8-9(7-10)5-3-2-4-6-9/h2-8H2,1H3. The third kappa shape index (κ3) is 2.34. The fraction of sp³-hybridized carbons (Fsp3) is 1.00. The summed E-state index contributed by atoms with van der Waals surface area (Å²) < 4.78 is 5.19. The van der Waals surface area contributed by atoms with Crippen LogP contribution in [0.1, 0.15) is 32.1 Å². The first-order valence-electron chi connectivity index (χ1n) is 4.38. The Kier molecular flexibility index (Phi) is 3.67. The highest BCUT2D eigenvalue weighted by atomic mass is 35.5. The summed E-state index contributed by atoms with van der Waals surface area (Å²) in [5, 5.41) is 0. The summed E-state index contributed by atoms with van der Waals surface area (Å²) in [6.45, 7) is 0.844. The van der Waals surface area contributed by atoms with Crippen molar-refractivity contribution in [3.8, 4) is 0 Å². The maximum Gasteiger partial charge on any atom is 0.0530 e. The van der Waals surface area contributed by atoms with Crippen LogP contribution in [-0.4, -0.2) is 19.6 Å². The lowest BCUT2D eigenvalue weighted by Crippen LogP contribution is -2.30. The van der Waals surface area contributed by atoms with Crippen LogP contribution in [-0.2, 0) is 4.74 Å². The first kappa shape index (κ1) is 9.34. The fourth-order valence-electron chi connectivity index (χ4n) is 1.92. The van der Waals surface area contributed by atoms with Crippen molar-refractivity contribution in [1.82, 2.24) is 0 Å². The van der Waals surface area contributed by atoms with Gasteiger partial charge in [-0.05, 0) is 12.8 Å². The molecule has 0 aromatic heterocycles. The number of hydrogen-bond donors (Lipinski definition) is 0. The molecular formula is C9H17ClO. The summed E-state index contributed by atoms with van der Waals surface area (Å²) >= 11 is 5.94. The van der Waals surface area contributed by atoms with Gasteiger partial charge in [0.2, 0.25) is 0 Å². The van der Waals surface area contributed by atoms with Gasteiger partial charge in [0.05, 0.1) is 6.61 Å². The predicted molar refractivity (Wildman–Crippen MR) is 48.1 cm³/mol. The minimum absolute atomic E-state index is 0.314. The molecule has 1 saturated carbocycles.